The summed E-state index contributed by atoms with van der Waals surface area (Å²) in [4.78, 5) is 11.4. The van der Waals surface area contributed by atoms with Crippen LogP contribution in [0.3, 0.4) is 0 Å². The van der Waals surface area contributed by atoms with Gasteiger partial charge in [-0.25, -0.2) is 0 Å². The molecule has 1 aromatic carbocycles. The Labute approximate surface area is 94.7 Å². The maximum atomic E-state index is 11.4. The minimum absolute atomic E-state index is 0.0437. The molecule has 0 saturated heterocycles. The molecule has 0 radical (unpaired) electrons. The van der Waals surface area contributed by atoms with E-state index in [2.05, 4.69) is 25.0 Å². The zero-order chi connectivity index (χ0) is 11.7. The van der Waals surface area contributed by atoms with Crippen LogP contribution in [-0.4, -0.2) is 9.78 Å². The number of aromatic nitrogens is 2. The standard InChI is InChI=1S/C13H16N2O/c1-4-11-8-13(16)14-15(11)12-7-5-6-9(2)10(12)3/h5-8H,4H2,1-3H3,(H,14,16). The van der Waals surface area contributed by atoms with Gasteiger partial charge in [0.05, 0.1) is 5.69 Å². The molecule has 3 heteroatoms. The molecule has 1 aromatic heterocycles. The molecule has 0 bridgehead atoms. The highest BCUT2D eigenvalue weighted by Gasteiger charge is 2.07. The van der Waals surface area contributed by atoms with Crippen LogP contribution in [0.1, 0.15) is 23.7 Å². The molecule has 84 valence electrons. The second-order valence-corrected chi connectivity index (χ2v) is 4.02. The largest absolute Gasteiger partial charge is 0.268 e. The molecular weight excluding hydrogens is 200 g/mol. The SMILES string of the molecule is CCc1cc(=O)[nH]n1-c1cccc(C)c1C. The minimum Gasteiger partial charge on any atom is -0.268 e. The van der Waals surface area contributed by atoms with Crippen molar-refractivity contribution in [2.24, 2.45) is 0 Å². The molecule has 0 aliphatic heterocycles. The summed E-state index contributed by atoms with van der Waals surface area (Å²) in [6, 6.07) is 7.76. The second-order valence-electron chi connectivity index (χ2n) is 4.02. The molecule has 0 aliphatic carbocycles. The summed E-state index contributed by atoms with van der Waals surface area (Å²) in [5.41, 5.74) is 4.45. The van der Waals surface area contributed by atoms with Gasteiger partial charge in [0.25, 0.3) is 5.56 Å². The number of benzene rings is 1. The van der Waals surface area contributed by atoms with Gasteiger partial charge in [-0.05, 0) is 37.5 Å². The number of rotatable bonds is 2. The van der Waals surface area contributed by atoms with Crippen LogP contribution in [0.2, 0.25) is 0 Å². The van der Waals surface area contributed by atoms with E-state index in [1.165, 1.54) is 11.1 Å². The minimum atomic E-state index is -0.0437. The molecule has 0 spiro atoms. The van der Waals surface area contributed by atoms with Crippen molar-refractivity contribution in [2.45, 2.75) is 27.2 Å². The topological polar surface area (TPSA) is 37.8 Å². The van der Waals surface area contributed by atoms with Gasteiger partial charge in [0.15, 0.2) is 0 Å². The summed E-state index contributed by atoms with van der Waals surface area (Å²) in [6.45, 7) is 6.19. The van der Waals surface area contributed by atoms with Gasteiger partial charge in [-0.2, -0.15) is 0 Å². The molecule has 0 amide bonds. The van der Waals surface area contributed by atoms with E-state index < -0.39 is 0 Å². The first kappa shape index (κ1) is 10.7. The van der Waals surface area contributed by atoms with Gasteiger partial charge in [0.2, 0.25) is 0 Å². The van der Waals surface area contributed by atoms with E-state index >= 15 is 0 Å². The zero-order valence-electron chi connectivity index (χ0n) is 9.87. The lowest BCUT2D eigenvalue weighted by Gasteiger charge is -2.11. The number of hydrogen-bond donors (Lipinski definition) is 1. The summed E-state index contributed by atoms with van der Waals surface area (Å²) in [5.74, 6) is 0. The quantitative estimate of drug-likeness (QED) is 0.822. The van der Waals surface area contributed by atoms with Gasteiger partial charge in [-0.1, -0.05) is 19.1 Å². The van der Waals surface area contributed by atoms with Crippen LogP contribution >= 0.6 is 0 Å². The summed E-state index contributed by atoms with van der Waals surface area (Å²) in [7, 11) is 0. The summed E-state index contributed by atoms with van der Waals surface area (Å²) >= 11 is 0. The van der Waals surface area contributed by atoms with E-state index in [0.29, 0.717) is 0 Å². The Hall–Kier alpha value is -1.77. The molecule has 16 heavy (non-hydrogen) atoms. The van der Waals surface area contributed by atoms with Crippen molar-refractivity contribution in [3.63, 3.8) is 0 Å². The Kier molecular flexibility index (Phi) is 2.69. The fourth-order valence-electron chi connectivity index (χ4n) is 1.88. The lowest BCUT2D eigenvalue weighted by molar-refractivity contribution is 0.798. The van der Waals surface area contributed by atoms with Gasteiger partial charge in [0.1, 0.15) is 0 Å². The zero-order valence-corrected chi connectivity index (χ0v) is 9.87. The normalized spacial score (nSPS) is 10.7. The first-order valence-electron chi connectivity index (χ1n) is 5.51. The molecule has 0 saturated carbocycles. The predicted molar refractivity (Wildman–Crippen MR) is 65.2 cm³/mol. The van der Waals surface area contributed by atoms with E-state index in [0.717, 1.165) is 17.8 Å². The van der Waals surface area contributed by atoms with Crippen molar-refractivity contribution < 1.29 is 0 Å². The summed E-state index contributed by atoms with van der Waals surface area (Å²) in [6.07, 6.45) is 0.839. The van der Waals surface area contributed by atoms with E-state index in [1.807, 2.05) is 23.7 Å². The van der Waals surface area contributed by atoms with Crippen LogP contribution in [-0.2, 0) is 6.42 Å². The Balaban J connectivity index is 2.67. The lowest BCUT2D eigenvalue weighted by atomic mass is 10.1. The Morgan fingerprint density at radius 3 is 2.75 bits per heavy atom. The highest BCUT2D eigenvalue weighted by atomic mass is 16.1. The average molecular weight is 216 g/mol. The maximum Gasteiger partial charge on any atom is 0.264 e. The average Bonchev–Trinajstić information content (AvgIpc) is 2.63. The fourth-order valence-corrected chi connectivity index (χ4v) is 1.88. The fraction of sp³-hybridized carbons (Fsp3) is 0.308. The summed E-state index contributed by atoms with van der Waals surface area (Å²) < 4.78 is 1.88. The van der Waals surface area contributed by atoms with E-state index in [1.54, 1.807) is 6.07 Å². The van der Waals surface area contributed by atoms with Gasteiger partial charge in [-0.15, -0.1) is 0 Å². The van der Waals surface area contributed by atoms with Crippen LogP contribution < -0.4 is 5.56 Å². The molecule has 3 nitrogen and oxygen atoms in total. The molecule has 0 unspecified atom stereocenters. The van der Waals surface area contributed by atoms with Crippen molar-refractivity contribution in [3.8, 4) is 5.69 Å². The van der Waals surface area contributed by atoms with Gasteiger partial charge in [-0.3, -0.25) is 14.6 Å². The molecule has 2 rings (SSSR count). The third-order valence-corrected chi connectivity index (χ3v) is 2.99. The highest BCUT2D eigenvalue weighted by molar-refractivity contribution is 5.45. The molecule has 1 heterocycles. The number of H-pyrrole nitrogens is 1. The van der Waals surface area contributed by atoms with E-state index in [9.17, 15) is 4.79 Å². The van der Waals surface area contributed by atoms with E-state index in [-0.39, 0.29) is 5.56 Å². The van der Waals surface area contributed by atoms with Gasteiger partial charge >= 0.3 is 0 Å². The van der Waals surface area contributed by atoms with Crippen LogP contribution in [0.25, 0.3) is 5.69 Å². The van der Waals surface area contributed by atoms with Crippen molar-refractivity contribution >= 4 is 0 Å². The van der Waals surface area contributed by atoms with E-state index in [4.69, 9.17) is 0 Å². The molecular formula is C13H16N2O. The van der Waals surface area contributed by atoms with Crippen LogP contribution in [0.5, 0.6) is 0 Å². The molecule has 2 aromatic rings. The molecule has 0 fully saturated rings. The Morgan fingerprint density at radius 1 is 1.31 bits per heavy atom. The number of nitrogens with one attached hydrogen (secondary N) is 1. The Bertz CT molecular complexity index is 564. The molecule has 1 N–H and O–H groups in total. The Morgan fingerprint density at radius 2 is 2.06 bits per heavy atom. The maximum absolute atomic E-state index is 11.4. The number of nitrogens with zero attached hydrogens (tertiary/aromatic N) is 1. The van der Waals surface area contributed by atoms with Crippen LogP contribution in [0.4, 0.5) is 0 Å². The number of hydrogen-bond acceptors (Lipinski definition) is 1. The smallest absolute Gasteiger partial charge is 0.264 e. The van der Waals surface area contributed by atoms with Gasteiger partial charge < -0.3 is 0 Å². The van der Waals surface area contributed by atoms with Crippen molar-refractivity contribution in [3.05, 3.63) is 51.4 Å². The van der Waals surface area contributed by atoms with Crippen molar-refractivity contribution in [1.82, 2.24) is 9.78 Å². The molecule has 0 atom stereocenters. The summed E-state index contributed by atoms with van der Waals surface area (Å²) in [5, 5.41) is 2.84. The third-order valence-electron chi connectivity index (χ3n) is 2.99. The number of aromatic amines is 1. The first-order chi connectivity index (χ1) is 7.63. The van der Waals surface area contributed by atoms with Crippen LogP contribution in [0.15, 0.2) is 29.1 Å². The van der Waals surface area contributed by atoms with Crippen LogP contribution in [0, 0.1) is 13.8 Å². The van der Waals surface area contributed by atoms with Gasteiger partial charge in [0, 0.05) is 11.8 Å². The third kappa shape index (κ3) is 1.69. The van der Waals surface area contributed by atoms with Crippen molar-refractivity contribution in [1.29, 1.82) is 0 Å². The lowest BCUT2D eigenvalue weighted by Crippen LogP contribution is -2.07. The highest BCUT2D eigenvalue weighted by Crippen LogP contribution is 2.17. The predicted octanol–water partition coefficient (Wildman–Crippen LogP) is 2.34. The van der Waals surface area contributed by atoms with Crippen molar-refractivity contribution in [2.75, 3.05) is 0 Å². The molecule has 0 aliphatic rings. The first-order valence-corrected chi connectivity index (χ1v) is 5.51. The monoisotopic (exact) mass is 216 g/mol. The second kappa shape index (κ2) is 4.00. The number of aryl methyl sites for hydroxylation is 2.